The molecule has 0 saturated heterocycles. The van der Waals surface area contributed by atoms with Gasteiger partial charge in [0.2, 0.25) is 0 Å². The molecule has 0 aromatic carbocycles. The summed E-state index contributed by atoms with van der Waals surface area (Å²) in [5.41, 5.74) is 0. The maximum atomic E-state index is 5.08. The van der Waals surface area contributed by atoms with Crippen LogP contribution in [0.25, 0.3) is 0 Å². The number of hydrogen-bond donors (Lipinski definition) is 0. The molecule has 0 aliphatic heterocycles. The molecule has 0 radical (unpaired) electrons. The summed E-state index contributed by atoms with van der Waals surface area (Å²) >= 11 is 1.23. The van der Waals surface area contributed by atoms with E-state index in [2.05, 4.69) is 0 Å². The predicted molar refractivity (Wildman–Crippen MR) is 23.7 cm³/mol. The zero-order valence-electron chi connectivity index (χ0n) is 4.72. The fourth-order valence-corrected chi connectivity index (χ4v) is 1.31. The van der Waals surface area contributed by atoms with Gasteiger partial charge in [0.1, 0.15) is 0 Å². The Morgan fingerprint density at radius 3 is 1.62 bits per heavy atom. The fourth-order valence-electron chi connectivity index (χ4n) is 0.415. The Morgan fingerprint density at radius 1 is 1.12 bits per heavy atom. The molecule has 0 unspecified atom stereocenters. The van der Waals surface area contributed by atoms with Crippen molar-refractivity contribution >= 4 is 0 Å². The SMILES string of the molecule is Cc1o[c](=[W])oc1C. The molecule has 44 valence electrons. The average molecular weight is 282 g/mol. The zero-order chi connectivity index (χ0) is 6.15. The zero-order valence-corrected chi connectivity index (χ0v) is 7.66. The van der Waals surface area contributed by atoms with Crippen molar-refractivity contribution in [2.45, 2.75) is 13.8 Å². The van der Waals surface area contributed by atoms with Crippen LogP contribution in [0, 0.1) is 17.8 Å². The summed E-state index contributed by atoms with van der Waals surface area (Å²) in [6.45, 7) is 3.79. The van der Waals surface area contributed by atoms with E-state index < -0.39 is 0 Å². The average Bonchev–Trinajstić information content (AvgIpc) is 1.85. The molecule has 0 atom stereocenters. The molecule has 1 heterocycles. The molecule has 1 rings (SSSR count). The summed E-state index contributed by atoms with van der Waals surface area (Å²) in [5.74, 6) is 1.77. The monoisotopic (exact) mass is 282 g/mol. The van der Waals surface area contributed by atoms with Gasteiger partial charge < -0.3 is 0 Å². The van der Waals surface area contributed by atoms with Gasteiger partial charge >= 0.3 is 57.5 Å². The summed E-state index contributed by atoms with van der Waals surface area (Å²) < 4.78 is 10.9. The topological polar surface area (TPSA) is 26.3 Å². The predicted octanol–water partition coefficient (Wildman–Crippen LogP) is 1.57. The van der Waals surface area contributed by atoms with E-state index in [4.69, 9.17) is 8.83 Å². The van der Waals surface area contributed by atoms with Crippen LogP contribution in [-0.4, -0.2) is 0 Å². The molecule has 0 amide bonds. The van der Waals surface area contributed by atoms with Crippen LogP contribution in [0.2, 0.25) is 0 Å². The van der Waals surface area contributed by atoms with Crippen LogP contribution in [0.5, 0.6) is 0 Å². The molecule has 1 aromatic heterocycles. The molecule has 0 saturated carbocycles. The quantitative estimate of drug-likeness (QED) is 0.722. The Kier molecular flexibility index (Phi) is 1.52. The third kappa shape index (κ3) is 1.000. The van der Waals surface area contributed by atoms with Crippen LogP contribution in [-0.2, 0) is 19.4 Å². The summed E-state index contributed by atoms with van der Waals surface area (Å²) in [6.07, 6.45) is 0. The van der Waals surface area contributed by atoms with Gasteiger partial charge in [-0.05, 0) is 0 Å². The van der Waals surface area contributed by atoms with Crippen LogP contribution in [0.3, 0.4) is 0 Å². The van der Waals surface area contributed by atoms with E-state index in [-0.39, 0.29) is 0 Å². The van der Waals surface area contributed by atoms with Gasteiger partial charge in [-0.25, -0.2) is 0 Å². The van der Waals surface area contributed by atoms with Crippen molar-refractivity contribution < 1.29 is 28.2 Å². The van der Waals surface area contributed by atoms with Gasteiger partial charge in [0.05, 0.1) is 0 Å². The van der Waals surface area contributed by atoms with E-state index >= 15 is 0 Å². The van der Waals surface area contributed by atoms with Crippen LogP contribution >= 0.6 is 0 Å². The van der Waals surface area contributed by atoms with Crippen molar-refractivity contribution in [3.05, 3.63) is 15.5 Å². The van der Waals surface area contributed by atoms with Crippen molar-refractivity contribution in [3.63, 3.8) is 0 Å². The summed E-state index contributed by atoms with van der Waals surface area (Å²) in [7, 11) is 0. The Bertz CT molecular complexity index is 210. The van der Waals surface area contributed by atoms with Crippen molar-refractivity contribution in [2.75, 3.05) is 0 Å². The molecule has 3 heteroatoms. The molecule has 0 spiro atoms. The van der Waals surface area contributed by atoms with E-state index in [0.717, 1.165) is 11.5 Å². The number of rotatable bonds is 0. The normalized spacial score (nSPS) is 9.75. The Balaban J connectivity index is 3.35. The molecule has 0 N–H and O–H groups in total. The second-order valence-electron chi connectivity index (χ2n) is 1.57. The maximum absolute atomic E-state index is 5.08. The fraction of sp³-hybridized carbons (Fsp3) is 0.400. The first-order valence-corrected chi connectivity index (χ1v) is 3.74. The van der Waals surface area contributed by atoms with Gasteiger partial charge in [0.25, 0.3) is 0 Å². The minimum absolute atomic E-state index is 0.708. The van der Waals surface area contributed by atoms with E-state index in [9.17, 15) is 0 Å². The van der Waals surface area contributed by atoms with Crippen LogP contribution in [0.15, 0.2) is 8.83 Å². The molecule has 2 nitrogen and oxygen atoms in total. The van der Waals surface area contributed by atoms with Crippen LogP contribution in [0.4, 0.5) is 0 Å². The molecule has 0 bridgehead atoms. The second-order valence-corrected chi connectivity index (χ2v) is 2.76. The molecule has 0 aliphatic rings. The van der Waals surface area contributed by atoms with Gasteiger partial charge in [-0.3, -0.25) is 0 Å². The van der Waals surface area contributed by atoms with Gasteiger partial charge in [0.15, 0.2) is 0 Å². The second kappa shape index (κ2) is 2.02. The minimum atomic E-state index is 0.708. The van der Waals surface area contributed by atoms with E-state index in [1.807, 2.05) is 13.8 Å². The summed E-state index contributed by atoms with van der Waals surface area (Å²) in [5, 5.41) is 0. The van der Waals surface area contributed by atoms with Gasteiger partial charge in [-0.1, -0.05) is 0 Å². The number of hydrogen-bond acceptors (Lipinski definition) is 2. The molecule has 0 aliphatic carbocycles. The first-order chi connectivity index (χ1) is 3.70. The third-order valence-electron chi connectivity index (χ3n) is 0.969. The van der Waals surface area contributed by atoms with E-state index in [0.29, 0.717) is 3.94 Å². The van der Waals surface area contributed by atoms with Gasteiger partial charge in [-0.2, -0.15) is 0 Å². The van der Waals surface area contributed by atoms with Crippen LogP contribution in [0.1, 0.15) is 11.5 Å². The Morgan fingerprint density at radius 2 is 1.50 bits per heavy atom. The van der Waals surface area contributed by atoms with Gasteiger partial charge in [0, 0.05) is 0 Å². The molecule has 1 aromatic rings. The van der Waals surface area contributed by atoms with Crippen LogP contribution < -0.4 is 0 Å². The Hall–Kier alpha value is -0.102. The van der Waals surface area contributed by atoms with Crippen molar-refractivity contribution in [2.24, 2.45) is 0 Å². The molecule has 0 fully saturated rings. The number of aryl methyl sites for hydroxylation is 2. The van der Waals surface area contributed by atoms with Crippen molar-refractivity contribution in [1.29, 1.82) is 0 Å². The summed E-state index contributed by atoms with van der Waals surface area (Å²) in [4.78, 5) is 0. The molecular formula is C5H6O2W. The van der Waals surface area contributed by atoms with Crippen molar-refractivity contribution in [3.8, 4) is 0 Å². The van der Waals surface area contributed by atoms with Gasteiger partial charge in [-0.15, -0.1) is 0 Å². The van der Waals surface area contributed by atoms with E-state index in [1.165, 1.54) is 19.4 Å². The first-order valence-electron chi connectivity index (χ1n) is 2.27. The first kappa shape index (κ1) is 6.02. The van der Waals surface area contributed by atoms with E-state index in [1.54, 1.807) is 0 Å². The Labute approximate surface area is 57.9 Å². The summed E-state index contributed by atoms with van der Waals surface area (Å²) in [6, 6.07) is 0. The standard InChI is InChI=1S/C5H6O2.W/c1-4-5(2)7-3-6-4;/h1-2H3;. The van der Waals surface area contributed by atoms with Crippen molar-refractivity contribution in [1.82, 2.24) is 0 Å². The molecule has 8 heavy (non-hydrogen) atoms. The third-order valence-corrected chi connectivity index (χ3v) is 1.57. The molecular weight excluding hydrogens is 276 g/mol.